The SMILES string of the molecule is COC(=O)C1=CCC2CC(=O)N12.I. The number of hydrogen-bond donors (Lipinski definition) is 0. The second kappa shape index (κ2) is 3.65. The molecule has 13 heavy (non-hydrogen) atoms. The molecule has 2 aliphatic heterocycles. The largest absolute Gasteiger partial charge is 0.464 e. The number of ether oxygens (including phenoxy) is 1. The van der Waals surface area contributed by atoms with E-state index in [2.05, 4.69) is 4.74 Å². The van der Waals surface area contributed by atoms with Crippen molar-refractivity contribution in [1.29, 1.82) is 0 Å². The Kier molecular flexibility index (Phi) is 2.94. The lowest BCUT2D eigenvalue weighted by Crippen LogP contribution is -2.49. The number of fused-ring (bicyclic) bond motifs is 1. The predicted molar refractivity (Wildman–Crippen MR) is 55.4 cm³/mol. The number of esters is 1. The summed E-state index contributed by atoms with van der Waals surface area (Å²) < 4.78 is 4.53. The maximum atomic E-state index is 11.1. The van der Waals surface area contributed by atoms with Gasteiger partial charge in [-0.1, -0.05) is 6.08 Å². The Hall–Kier alpha value is -0.590. The second-order valence-corrected chi connectivity index (χ2v) is 2.94. The van der Waals surface area contributed by atoms with Gasteiger partial charge in [0.1, 0.15) is 5.70 Å². The van der Waals surface area contributed by atoms with Gasteiger partial charge >= 0.3 is 5.97 Å². The zero-order valence-corrected chi connectivity index (χ0v) is 9.48. The average molecular weight is 295 g/mol. The van der Waals surface area contributed by atoms with Crippen molar-refractivity contribution in [2.24, 2.45) is 0 Å². The molecule has 0 N–H and O–H groups in total. The molecule has 0 radical (unpaired) electrons. The molecule has 4 nitrogen and oxygen atoms in total. The van der Waals surface area contributed by atoms with E-state index in [1.165, 1.54) is 12.0 Å². The molecule has 1 atom stereocenters. The van der Waals surface area contributed by atoms with Crippen molar-refractivity contribution in [3.8, 4) is 0 Å². The number of β-lactam (4-membered cyclic amide) rings is 1. The summed E-state index contributed by atoms with van der Waals surface area (Å²) >= 11 is 0. The fourth-order valence-corrected chi connectivity index (χ4v) is 1.63. The number of rotatable bonds is 1. The van der Waals surface area contributed by atoms with Crippen molar-refractivity contribution in [3.63, 3.8) is 0 Å². The standard InChI is InChI=1S/C8H9NO3.HI/c1-12-8(11)6-3-2-5-4-7(10)9(5)6;/h3,5H,2,4H2,1H3;1H. The molecule has 1 fully saturated rings. The van der Waals surface area contributed by atoms with E-state index >= 15 is 0 Å². The molecule has 5 heteroatoms. The highest BCUT2D eigenvalue weighted by Crippen LogP contribution is 2.33. The van der Waals surface area contributed by atoms with Gasteiger partial charge in [0, 0.05) is 12.5 Å². The van der Waals surface area contributed by atoms with Crippen LogP contribution < -0.4 is 0 Å². The number of methoxy groups -OCH3 is 1. The molecule has 0 aromatic heterocycles. The van der Waals surface area contributed by atoms with E-state index in [0.29, 0.717) is 12.1 Å². The van der Waals surface area contributed by atoms with E-state index in [-0.39, 0.29) is 35.9 Å². The Labute approximate surface area is 92.9 Å². The summed E-state index contributed by atoms with van der Waals surface area (Å²) in [5.74, 6) is -0.389. The molecule has 0 spiro atoms. The smallest absolute Gasteiger partial charge is 0.354 e. The Bertz CT molecular complexity index is 287. The van der Waals surface area contributed by atoms with E-state index in [9.17, 15) is 9.59 Å². The molecule has 1 unspecified atom stereocenters. The lowest BCUT2D eigenvalue weighted by Gasteiger charge is -2.35. The lowest BCUT2D eigenvalue weighted by molar-refractivity contribution is -0.148. The van der Waals surface area contributed by atoms with Gasteiger partial charge in [0.15, 0.2) is 0 Å². The van der Waals surface area contributed by atoms with E-state index in [4.69, 9.17) is 0 Å². The summed E-state index contributed by atoms with van der Waals surface area (Å²) in [5, 5.41) is 0. The van der Waals surface area contributed by atoms with Crippen molar-refractivity contribution in [2.45, 2.75) is 18.9 Å². The molecule has 2 rings (SSSR count). The number of carbonyl (C=O) groups excluding carboxylic acids is 2. The molecule has 72 valence electrons. The number of halogens is 1. The van der Waals surface area contributed by atoms with Gasteiger partial charge in [0.25, 0.3) is 0 Å². The molecule has 1 amide bonds. The van der Waals surface area contributed by atoms with Crippen LogP contribution in [-0.2, 0) is 14.3 Å². The van der Waals surface area contributed by atoms with Gasteiger partial charge in [-0.15, -0.1) is 24.0 Å². The monoisotopic (exact) mass is 295 g/mol. The molecule has 1 saturated heterocycles. The highest BCUT2D eigenvalue weighted by Gasteiger charge is 2.43. The third kappa shape index (κ3) is 1.45. The summed E-state index contributed by atoms with van der Waals surface area (Å²) in [6, 6.07) is 0.228. The van der Waals surface area contributed by atoms with Crippen LogP contribution in [0.2, 0.25) is 0 Å². The number of carbonyl (C=O) groups is 2. The van der Waals surface area contributed by atoms with E-state index in [1.54, 1.807) is 6.08 Å². The minimum absolute atomic E-state index is 0. The number of nitrogens with zero attached hydrogens (tertiary/aromatic N) is 1. The van der Waals surface area contributed by atoms with Gasteiger partial charge in [-0.2, -0.15) is 0 Å². The first-order chi connectivity index (χ1) is 5.74. The molecular formula is C8H10INO3. The molecule has 0 saturated carbocycles. The number of hydrogen-bond acceptors (Lipinski definition) is 3. The predicted octanol–water partition coefficient (Wildman–Crippen LogP) is 0.666. The van der Waals surface area contributed by atoms with Crippen LogP contribution in [0.25, 0.3) is 0 Å². The minimum Gasteiger partial charge on any atom is -0.464 e. The van der Waals surface area contributed by atoms with Crippen molar-refractivity contribution in [3.05, 3.63) is 11.8 Å². The second-order valence-electron chi connectivity index (χ2n) is 2.94. The van der Waals surface area contributed by atoms with Crippen LogP contribution in [0.3, 0.4) is 0 Å². The van der Waals surface area contributed by atoms with E-state index < -0.39 is 5.97 Å². The van der Waals surface area contributed by atoms with Crippen LogP contribution in [-0.4, -0.2) is 29.9 Å². The van der Waals surface area contributed by atoms with E-state index in [1.807, 2.05) is 0 Å². The van der Waals surface area contributed by atoms with Gasteiger partial charge < -0.3 is 9.64 Å². The van der Waals surface area contributed by atoms with Crippen molar-refractivity contribution >= 4 is 35.9 Å². The average Bonchev–Trinajstić information content (AvgIpc) is 2.40. The molecule has 0 aromatic rings. The van der Waals surface area contributed by atoms with Crippen LogP contribution in [0.4, 0.5) is 0 Å². The summed E-state index contributed by atoms with van der Waals surface area (Å²) in [5.41, 5.74) is 0.416. The topological polar surface area (TPSA) is 46.6 Å². The zero-order valence-electron chi connectivity index (χ0n) is 7.15. The van der Waals surface area contributed by atoms with Gasteiger partial charge in [-0.05, 0) is 6.42 Å². The maximum absolute atomic E-state index is 11.1. The zero-order chi connectivity index (χ0) is 8.72. The summed E-state index contributed by atoms with van der Waals surface area (Å²) in [6.45, 7) is 0. The summed E-state index contributed by atoms with van der Waals surface area (Å²) in [6.07, 6.45) is 3.12. The van der Waals surface area contributed by atoms with Gasteiger partial charge in [-0.25, -0.2) is 4.79 Å². The van der Waals surface area contributed by atoms with Crippen LogP contribution >= 0.6 is 24.0 Å². The molecule has 0 aliphatic carbocycles. The summed E-state index contributed by atoms with van der Waals surface area (Å²) in [4.78, 5) is 23.6. The molecular weight excluding hydrogens is 285 g/mol. The summed E-state index contributed by atoms with van der Waals surface area (Å²) in [7, 11) is 1.32. The fourth-order valence-electron chi connectivity index (χ4n) is 1.63. The van der Waals surface area contributed by atoms with Crippen LogP contribution in [0.5, 0.6) is 0 Å². The fraction of sp³-hybridized carbons (Fsp3) is 0.500. The van der Waals surface area contributed by atoms with Crippen molar-refractivity contribution in [1.82, 2.24) is 4.90 Å². The van der Waals surface area contributed by atoms with E-state index in [0.717, 1.165) is 6.42 Å². The first kappa shape index (κ1) is 10.5. The quantitative estimate of drug-likeness (QED) is 0.406. The third-order valence-electron chi connectivity index (χ3n) is 2.28. The van der Waals surface area contributed by atoms with Crippen molar-refractivity contribution in [2.75, 3.05) is 7.11 Å². The van der Waals surface area contributed by atoms with Crippen molar-refractivity contribution < 1.29 is 14.3 Å². The lowest BCUT2D eigenvalue weighted by atomic mass is 10.0. The molecule has 2 aliphatic rings. The first-order valence-electron chi connectivity index (χ1n) is 3.84. The molecule has 0 bridgehead atoms. The molecule has 0 aromatic carbocycles. The van der Waals surface area contributed by atoms with Gasteiger partial charge in [0.05, 0.1) is 7.11 Å². The van der Waals surface area contributed by atoms with Crippen LogP contribution in [0.15, 0.2) is 11.8 Å². The van der Waals surface area contributed by atoms with Gasteiger partial charge in [0.2, 0.25) is 5.91 Å². The highest BCUT2D eigenvalue weighted by atomic mass is 127. The minimum atomic E-state index is -0.412. The van der Waals surface area contributed by atoms with Crippen LogP contribution in [0.1, 0.15) is 12.8 Å². The Morgan fingerprint density at radius 3 is 2.92 bits per heavy atom. The maximum Gasteiger partial charge on any atom is 0.354 e. The number of amides is 1. The van der Waals surface area contributed by atoms with Gasteiger partial charge in [-0.3, -0.25) is 4.79 Å². The Morgan fingerprint density at radius 2 is 2.38 bits per heavy atom. The normalized spacial score (nSPS) is 24.1. The Balaban J connectivity index is 0.000000845. The van der Waals surface area contributed by atoms with Crippen LogP contribution in [0, 0.1) is 0 Å². The molecule has 2 heterocycles. The highest BCUT2D eigenvalue weighted by molar-refractivity contribution is 14.0. The third-order valence-corrected chi connectivity index (χ3v) is 2.28. The first-order valence-corrected chi connectivity index (χ1v) is 3.84. The Morgan fingerprint density at radius 1 is 1.69 bits per heavy atom.